The van der Waals surface area contributed by atoms with Crippen LogP contribution in [0.5, 0.6) is 0 Å². The lowest BCUT2D eigenvalue weighted by Crippen LogP contribution is -2.09. The second kappa shape index (κ2) is 7.37. The minimum atomic E-state index is 0.571. The van der Waals surface area contributed by atoms with E-state index in [1.54, 1.807) is 0 Å². The molecule has 0 radical (unpaired) electrons. The summed E-state index contributed by atoms with van der Waals surface area (Å²) in [6.45, 7) is 1.51. The first-order valence-corrected chi connectivity index (χ1v) is 5.60. The fourth-order valence-corrected chi connectivity index (χ4v) is 1.43. The van der Waals surface area contributed by atoms with Gasteiger partial charge in [-0.3, -0.25) is 0 Å². The van der Waals surface area contributed by atoms with Gasteiger partial charge in [0.1, 0.15) is 0 Å². The van der Waals surface area contributed by atoms with Gasteiger partial charge in [-0.25, -0.2) is 0 Å². The first-order chi connectivity index (χ1) is 7.29. The van der Waals surface area contributed by atoms with Crippen LogP contribution < -0.4 is 5.73 Å². The van der Waals surface area contributed by atoms with Gasteiger partial charge in [0, 0.05) is 6.61 Å². The first-order valence-electron chi connectivity index (χ1n) is 5.19. The standard InChI is InChI=1S/C12H17NOS/c13-12(15)7-4-9-14-10-8-11-5-2-1-3-6-11/h1-3,5-6H,4,7-10H2,(H2,13,15). The molecule has 1 rings (SSSR count). The van der Waals surface area contributed by atoms with Crippen molar-refractivity contribution in [2.75, 3.05) is 13.2 Å². The zero-order valence-corrected chi connectivity index (χ0v) is 9.63. The SMILES string of the molecule is NC(=S)CCCOCCc1ccccc1. The first kappa shape index (κ1) is 12.1. The molecular formula is C12H17NOS. The largest absolute Gasteiger partial charge is 0.393 e. The van der Waals surface area contributed by atoms with E-state index in [1.165, 1.54) is 5.56 Å². The highest BCUT2D eigenvalue weighted by Crippen LogP contribution is 2.00. The molecule has 3 heteroatoms. The Morgan fingerprint density at radius 2 is 1.93 bits per heavy atom. The molecule has 0 amide bonds. The Balaban J connectivity index is 2.00. The summed E-state index contributed by atoms with van der Waals surface area (Å²) in [6, 6.07) is 10.3. The van der Waals surface area contributed by atoms with E-state index in [-0.39, 0.29) is 0 Å². The zero-order chi connectivity index (χ0) is 10.9. The Hall–Kier alpha value is -0.930. The van der Waals surface area contributed by atoms with Crippen molar-refractivity contribution >= 4 is 17.2 Å². The van der Waals surface area contributed by atoms with Crippen LogP contribution in [-0.2, 0) is 11.2 Å². The monoisotopic (exact) mass is 223 g/mol. The number of thiocarbonyl (C=S) groups is 1. The molecule has 2 nitrogen and oxygen atoms in total. The Morgan fingerprint density at radius 3 is 2.60 bits per heavy atom. The Labute approximate surface area is 96.4 Å². The third kappa shape index (κ3) is 6.20. The van der Waals surface area contributed by atoms with Crippen LogP contribution in [0.4, 0.5) is 0 Å². The fourth-order valence-electron chi connectivity index (χ4n) is 1.29. The van der Waals surface area contributed by atoms with Crippen molar-refractivity contribution in [3.8, 4) is 0 Å². The second-order valence-corrected chi connectivity index (χ2v) is 3.94. The summed E-state index contributed by atoms with van der Waals surface area (Å²) in [5, 5.41) is 0. The molecule has 0 bridgehead atoms. The number of rotatable bonds is 7. The number of hydrogen-bond acceptors (Lipinski definition) is 2. The summed E-state index contributed by atoms with van der Waals surface area (Å²) >= 11 is 4.77. The number of benzene rings is 1. The van der Waals surface area contributed by atoms with E-state index in [2.05, 4.69) is 12.1 Å². The Bertz CT molecular complexity index is 287. The molecule has 0 atom stereocenters. The molecule has 0 aliphatic heterocycles. The smallest absolute Gasteiger partial charge is 0.0728 e. The molecule has 0 aromatic heterocycles. The minimum Gasteiger partial charge on any atom is -0.393 e. The predicted molar refractivity (Wildman–Crippen MR) is 67.0 cm³/mol. The molecule has 82 valence electrons. The zero-order valence-electron chi connectivity index (χ0n) is 8.82. The Morgan fingerprint density at radius 1 is 1.20 bits per heavy atom. The second-order valence-electron chi connectivity index (χ2n) is 3.42. The predicted octanol–water partition coefficient (Wildman–Crippen LogP) is 2.31. The Kier molecular flexibility index (Phi) is 5.97. The molecule has 1 aromatic carbocycles. The average Bonchev–Trinajstić information content (AvgIpc) is 2.24. The number of ether oxygens (including phenoxy) is 1. The van der Waals surface area contributed by atoms with Crippen LogP contribution >= 0.6 is 12.2 Å². The van der Waals surface area contributed by atoms with Gasteiger partial charge in [0.25, 0.3) is 0 Å². The lowest BCUT2D eigenvalue weighted by molar-refractivity contribution is 0.136. The number of hydrogen-bond donors (Lipinski definition) is 1. The van der Waals surface area contributed by atoms with Crippen LogP contribution in [0.3, 0.4) is 0 Å². The van der Waals surface area contributed by atoms with Crippen LogP contribution in [0.25, 0.3) is 0 Å². The summed E-state index contributed by atoms with van der Waals surface area (Å²) in [5.41, 5.74) is 6.69. The molecule has 0 spiro atoms. The summed E-state index contributed by atoms with van der Waals surface area (Å²) < 4.78 is 5.47. The van der Waals surface area contributed by atoms with E-state index in [9.17, 15) is 0 Å². The molecular weight excluding hydrogens is 206 g/mol. The summed E-state index contributed by atoms with van der Waals surface area (Å²) in [4.78, 5) is 0.571. The summed E-state index contributed by atoms with van der Waals surface area (Å²) in [6.07, 6.45) is 2.67. The maximum absolute atomic E-state index is 5.47. The lowest BCUT2D eigenvalue weighted by Gasteiger charge is -2.03. The molecule has 0 aliphatic carbocycles. The molecule has 0 saturated carbocycles. The molecule has 0 fully saturated rings. The van der Waals surface area contributed by atoms with E-state index in [1.807, 2.05) is 18.2 Å². The van der Waals surface area contributed by atoms with Gasteiger partial charge in [0.05, 0.1) is 11.6 Å². The molecule has 0 aliphatic rings. The van der Waals surface area contributed by atoms with E-state index < -0.39 is 0 Å². The lowest BCUT2D eigenvalue weighted by atomic mass is 10.2. The van der Waals surface area contributed by atoms with Gasteiger partial charge in [0.15, 0.2) is 0 Å². The maximum Gasteiger partial charge on any atom is 0.0728 e. The van der Waals surface area contributed by atoms with Gasteiger partial charge >= 0.3 is 0 Å². The topological polar surface area (TPSA) is 35.2 Å². The molecule has 0 saturated heterocycles. The third-order valence-electron chi connectivity index (χ3n) is 2.09. The van der Waals surface area contributed by atoms with Crippen LogP contribution in [0.2, 0.25) is 0 Å². The van der Waals surface area contributed by atoms with Crippen molar-refractivity contribution in [2.45, 2.75) is 19.3 Å². The average molecular weight is 223 g/mol. The van der Waals surface area contributed by atoms with Crippen molar-refractivity contribution < 1.29 is 4.74 Å². The normalized spacial score (nSPS) is 10.1. The van der Waals surface area contributed by atoms with E-state index >= 15 is 0 Å². The summed E-state index contributed by atoms with van der Waals surface area (Å²) in [5.74, 6) is 0. The third-order valence-corrected chi connectivity index (χ3v) is 2.29. The summed E-state index contributed by atoms with van der Waals surface area (Å²) in [7, 11) is 0. The number of nitrogens with two attached hydrogens (primary N) is 1. The van der Waals surface area contributed by atoms with Crippen molar-refractivity contribution in [2.24, 2.45) is 5.73 Å². The molecule has 15 heavy (non-hydrogen) atoms. The molecule has 1 aromatic rings. The van der Waals surface area contributed by atoms with Crippen LogP contribution in [0, 0.1) is 0 Å². The van der Waals surface area contributed by atoms with Crippen molar-refractivity contribution in [1.82, 2.24) is 0 Å². The highest BCUT2D eigenvalue weighted by Gasteiger charge is 1.93. The van der Waals surface area contributed by atoms with Gasteiger partial charge in [0.2, 0.25) is 0 Å². The van der Waals surface area contributed by atoms with E-state index in [0.29, 0.717) is 4.99 Å². The van der Waals surface area contributed by atoms with Crippen molar-refractivity contribution in [3.05, 3.63) is 35.9 Å². The maximum atomic E-state index is 5.47. The van der Waals surface area contributed by atoms with Crippen LogP contribution in [0.15, 0.2) is 30.3 Å². The van der Waals surface area contributed by atoms with Gasteiger partial charge in [-0.2, -0.15) is 0 Å². The van der Waals surface area contributed by atoms with Gasteiger partial charge in [-0.1, -0.05) is 42.5 Å². The van der Waals surface area contributed by atoms with Gasteiger partial charge < -0.3 is 10.5 Å². The van der Waals surface area contributed by atoms with E-state index in [4.69, 9.17) is 22.7 Å². The van der Waals surface area contributed by atoms with Crippen LogP contribution in [-0.4, -0.2) is 18.2 Å². The van der Waals surface area contributed by atoms with Gasteiger partial charge in [-0.05, 0) is 24.8 Å². The van der Waals surface area contributed by atoms with Gasteiger partial charge in [-0.15, -0.1) is 0 Å². The van der Waals surface area contributed by atoms with Crippen molar-refractivity contribution in [1.29, 1.82) is 0 Å². The quantitative estimate of drug-likeness (QED) is 0.569. The highest BCUT2D eigenvalue weighted by molar-refractivity contribution is 7.80. The molecule has 0 heterocycles. The van der Waals surface area contributed by atoms with E-state index in [0.717, 1.165) is 32.5 Å². The highest BCUT2D eigenvalue weighted by atomic mass is 32.1. The minimum absolute atomic E-state index is 0.571. The van der Waals surface area contributed by atoms with Crippen molar-refractivity contribution in [3.63, 3.8) is 0 Å². The molecule has 0 unspecified atom stereocenters. The fraction of sp³-hybridized carbons (Fsp3) is 0.417. The van der Waals surface area contributed by atoms with Crippen LogP contribution in [0.1, 0.15) is 18.4 Å². The molecule has 2 N–H and O–H groups in total.